The molecule has 84 valence electrons. The maximum absolute atomic E-state index is 6.19. The molecule has 0 aliphatic rings. The van der Waals surface area contributed by atoms with Gasteiger partial charge in [-0.25, -0.2) is 0 Å². The first-order valence-electron chi connectivity index (χ1n) is 5.25. The van der Waals surface area contributed by atoms with Gasteiger partial charge in [0.1, 0.15) is 0 Å². The Balaban J connectivity index is 2.82. The smallest absolute Gasteiger partial charge is 0.0595 e. The molecule has 0 aliphatic carbocycles. The first-order chi connectivity index (χ1) is 7.06. The number of halogens is 2. The molecule has 0 heterocycles. The average Bonchev–Trinajstić information content (AvgIpc) is 2.21. The highest BCUT2D eigenvalue weighted by atomic mass is 79.9. The van der Waals surface area contributed by atoms with Gasteiger partial charge in [-0.15, -0.1) is 0 Å². The van der Waals surface area contributed by atoms with E-state index in [1.807, 2.05) is 18.2 Å². The molecule has 0 radical (unpaired) electrons. The van der Waals surface area contributed by atoms with E-state index in [0.29, 0.717) is 5.92 Å². The molecule has 0 spiro atoms. The minimum atomic E-state index is 0.0324. The number of nitrogens with two attached hydrogens (primary N) is 1. The Morgan fingerprint density at radius 3 is 2.73 bits per heavy atom. The van der Waals surface area contributed by atoms with Crippen molar-refractivity contribution in [2.24, 2.45) is 11.7 Å². The SMILES string of the molecule is CCC(C)CC(N)c1cccc(Br)c1Cl. The van der Waals surface area contributed by atoms with Gasteiger partial charge in [-0.3, -0.25) is 0 Å². The standard InChI is InChI=1S/C12H17BrClN/c1-3-8(2)7-11(15)9-5-4-6-10(13)12(9)14/h4-6,8,11H,3,7,15H2,1-2H3. The van der Waals surface area contributed by atoms with E-state index in [2.05, 4.69) is 29.8 Å². The van der Waals surface area contributed by atoms with Crippen molar-refractivity contribution >= 4 is 27.5 Å². The number of hydrogen-bond acceptors (Lipinski definition) is 1. The lowest BCUT2D eigenvalue weighted by Crippen LogP contribution is -2.14. The van der Waals surface area contributed by atoms with Crippen LogP contribution in [-0.4, -0.2) is 0 Å². The van der Waals surface area contributed by atoms with Crippen LogP contribution in [0.4, 0.5) is 0 Å². The second-order valence-electron chi connectivity index (χ2n) is 4.00. The molecule has 0 aromatic heterocycles. The van der Waals surface area contributed by atoms with Gasteiger partial charge in [-0.1, -0.05) is 44.0 Å². The molecule has 2 unspecified atom stereocenters. The van der Waals surface area contributed by atoms with Gasteiger partial charge in [0.05, 0.1) is 5.02 Å². The zero-order valence-corrected chi connectivity index (χ0v) is 11.5. The van der Waals surface area contributed by atoms with Crippen LogP contribution in [0.3, 0.4) is 0 Å². The van der Waals surface area contributed by atoms with Crippen molar-refractivity contribution in [2.45, 2.75) is 32.7 Å². The van der Waals surface area contributed by atoms with Gasteiger partial charge in [-0.2, -0.15) is 0 Å². The highest BCUT2D eigenvalue weighted by Crippen LogP contribution is 2.32. The van der Waals surface area contributed by atoms with E-state index in [-0.39, 0.29) is 6.04 Å². The summed E-state index contributed by atoms with van der Waals surface area (Å²) >= 11 is 9.60. The Bertz CT molecular complexity index is 327. The van der Waals surface area contributed by atoms with E-state index >= 15 is 0 Å². The van der Waals surface area contributed by atoms with Crippen LogP contribution in [0.1, 0.15) is 38.3 Å². The van der Waals surface area contributed by atoms with E-state index in [1.54, 1.807) is 0 Å². The quantitative estimate of drug-likeness (QED) is 0.865. The molecule has 2 atom stereocenters. The van der Waals surface area contributed by atoms with Crippen molar-refractivity contribution in [1.82, 2.24) is 0 Å². The minimum Gasteiger partial charge on any atom is -0.324 e. The molecule has 1 aromatic carbocycles. The van der Waals surface area contributed by atoms with Crippen molar-refractivity contribution in [1.29, 1.82) is 0 Å². The Kier molecular flexibility index (Phi) is 5.10. The van der Waals surface area contributed by atoms with Gasteiger partial charge in [0.2, 0.25) is 0 Å². The summed E-state index contributed by atoms with van der Waals surface area (Å²) in [7, 11) is 0. The van der Waals surface area contributed by atoms with Crippen molar-refractivity contribution < 1.29 is 0 Å². The summed E-state index contributed by atoms with van der Waals surface area (Å²) in [5, 5.41) is 0.744. The molecule has 0 saturated carbocycles. The molecule has 2 N–H and O–H groups in total. The molecule has 0 aliphatic heterocycles. The predicted octanol–water partition coefficient (Wildman–Crippen LogP) is 4.54. The molecule has 0 bridgehead atoms. The van der Waals surface area contributed by atoms with Crippen LogP contribution in [0.5, 0.6) is 0 Å². The summed E-state index contributed by atoms with van der Waals surface area (Å²) in [6.45, 7) is 4.39. The van der Waals surface area contributed by atoms with Gasteiger partial charge in [0, 0.05) is 10.5 Å². The van der Waals surface area contributed by atoms with Gasteiger partial charge >= 0.3 is 0 Å². The van der Waals surface area contributed by atoms with Crippen LogP contribution in [0, 0.1) is 5.92 Å². The lowest BCUT2D eigenvalue weighted by molar-refractivity contribution is 0.461. The molecular weight excluding hydrogens is 273 g/mol. The third-order valence-electron chi connectivity index (χ3n) is 2.73. The van der Waals surface area contributed by atoms with Gasteiger partial charge in [0.25, 0.3) is 0 Å². The minimum absolute atomic E-state index is 0.0324. The van der Waals surface area contributed by atoms with Crippen LogP contribution in [0.25, 0.3) is 0 Å². The Labute approximate surface area is 105 Å². The highest BCUT2D eigenvalue weighted by Gasteiger charge is 2.14. The lowest BCUT2D eigenvalue weighted by Gasteiger charge is -2.17. The van der Waals surface area contributed by atoms with Crippen LogP contribution in [0.2, 0.25) is 5.02 Å². The second-order valence-corrected chi connectivity index (χ2v) is 5.23. The van der Waals surface area contributed by atoms with Crippen LogP contribution >= 0.6 is 27.5 Å². The van der Waals surface area contributed by atoms with Crippen LogP contribution < -0.4 is 5.73 Å². The van der Waals surface area contributed by atoms with E-state index < -0.39 is 0 Å². The van der Waals surface area contributed by atoms with E-state index in [0.717, 1.165) is 27.9 Å². The largest absolute Gasteiger partial charge is 0.324 e. The fourth-order valence-electron chi connectivity index (χ4n) is 1.53. The van der Waals surface area contributed by atoms with Gasteiger partial charge in [-0.05, 0) is 39.9 Å². The molecule has 1 rings (SSSR count). The zero-order valence-electron chi connectivity index (χ0n) is 9.13. The topological polar surface area (TPSA) is 26.0 Å². The molecule has 0 amide bonds. The lowest BCUT2D eigenvalue weighted by atomic mass is 9.95. The maximum Gasteiger partial charge on any atom is 0.0595 e. The fraction of sp³-hybridized carbons (Fsp3) is 0.500. The Hall–Kier alpha value is -0.0500. The third-order valence-corrected chi connectivity index (χ3v) is 4.05. The van der Waals surface area contributed by atoms with Crippen molar-refractivity contribution in [3.05, 3.63) is 33.3 Å². The molecular formula is C12H17BrClN. The molecule has 0 fully saturated rings. The van der Waals surface area contributed by atoms with Gasteiger partial charge in [0.15, 0.2) is 0 Å². The number of hydrogen-bond donors (Lipinski definition) is 1. The summed E-state index contributed by atoms with van der Waals surface area (Å²) < 4.78 is 0.918. The first-order valence-corrected chi connectivity index (χ1v) is 6.42. The van der Waals surface area contributed by atoms with Crippen molar-refractivity contribution in [3.63, 3.8) is 0 Å². The van der Waals surface area contributed by atoms with Crippen LogP contribution in [0.15, 0.2) is 22.7 Å². The normalized spacial score (nSPS) is 15.0. The molecule has 3 heteroatoms. The van der Waals surface area contributed by atoms with E-state index in [4.69, 9.17) is 17.3 Å². The van der Waals surface area contributed by atoms with E-state index in [9.17, 15) is 0 Å². The Morgan fingerprint density at radius 1 is 1.47 bits per heavy atom. The van der Waals surface area contributed by atoms with Crippen molar-refractivity contribution in [3.8, 4) is 0 Å². The zero-order chi connectivity index (χ0) is 11.4. The third kappa shape index (κ3) is 3.47. The fourth-order valence-corrected chi connectivity index (χ4v) is 2.18. The number of rotatable bonds is 4. The molecule has 1 nitrogen and oxygen atoms in total. The van der Waals surface area contributed by atoms with Crippen LogP contribution in [-0.2, 0) is 0 Å². The van der Waals surface area contributed by atoms with Crippen molar-refractivity contribution in [2.75, 3.05) is 0 Å². The molecule has 15 heavy (non-hydrogen) atoms. The Morgan fingerprint density at radius 2 is 2.13 bits per heavy atom. The van der Waals surface area contributed by atoms with E-state index in [1.165, 1.54) is 0 Å². The maximum atomic E-state index is 6.19. The summed E-state index contributed by atoms with van der Waals surface area (Å²) in [6.07, 6.45) is 2.13. The average molecular weight is 291 g/mol. The predicted molar refractivity (Wildman–Crippen MR) is 70.2 cm³/mol. The van der Waals surface area contributed by atoms with Gasteiger partial charge < -0.3 is 5.73 Å². The molecule has 1 aromatic rings. The summed E-state index contributed by atoms with van der Waals surface area (Å²) in [5.41, 5.74) is 7.17. The molecule has 0 saturated heterocycles. The number of benzene rings is 1. The second kappa shape index (κ2) is 5.88. The summed E-state index contributed by atoms with van der Waals surface area (Å²) in [5.74, 6) is 0.634. The summed E-state index contributed by atoms with van der Waals surface area (Å²) in [4.78, 5) is 0. The monoisotopic (exact) mass is 289 g/mol. The first kappa shape index (κ1) is 13.0. The highest BCUT2D eigenvalue weighted by molar-refractivity contribution is 9.10. The summed E-state index contributed by atoms with van der Waals surface area (Å²) in [6, 6.07) is 5.94.